The van der Waals surface area contributed by atoms with E-state index in [0.29, 0.717) is 12.0 Å². The van der Waals surface area contributed by atoms with Gasteiger partial charge in [-0.3, -0.25) is 11.3 Å². The second kappa shape index (κ2) is 5.85. The van der Waals surface area contributed by atoms with Gasteiger partial charge in [0, 0.05) is 10.5 Å². The molecule has 3 nitrogen and oxygen atoms in total. The second-order valence-corrected chi connectivity index (χ2v) is 5.54. The van der Waals surface area contributed by atoms with Gasteiger partial charge in [0.25, 0.3) is 0 Å². The summed E-state index contributed by atoms with van der Waals surface area (Å²) in [6.45, 7) is 0. The molecule has 1 atom stereocenters. The lowest BCUT2D eigenvalue weighted by atomic mass is 9.78. The Kier molecular flexibility index (Phi) is 4.42. The van der Waals surface area contributed by atoms with Crippen molar-refractivity contribution in [2.45, 2.75) is 31.7 Å². The number of rotatable bonds is 5. The molecule has 1 aliphatic rings. The zero-order valence-corrected chi connectivity index (χ0v) is 11.7. The third kappa shape index (κ3) is 3.00. The van der Waals surface area contributed by atoms with Crippen LogP contribution < -0.4 is 16.0 Å². The fourth-order valence-electron chi connectivity index (χ4n) is 2.35. The second-order valence-electron chi connectivity index (χ2n) is 4.62. The van der Waals surface area contributed by atoms with Crippen molar-refractivity contribution in [1.82, 2.24) is 5.43 Å². The topological polar surface area (TPSA) is 47.3 Å². The van der Waals surface area contributed by atoms with Crippen LogP contribution in [0.15, 0.2) is 22.7 Å². The Bertz CT molecular complexity index is 380. The molecule has 4 heteroatoms. The molecule has 1 unspecified atom stereocenters. The van der Waals surface area contributed by atoms with Crippen LogP contribution in [0, 0.1) is 5.92 Å². The van der Waals surface area contributed by atoms with Gasteiger partial charge in [0.15, 0.2) is 0 Å². The summed E-state index contributed by atoms with van der Waals surface area (Å²) in [5.74, 6) is 7.31. The molecule has 17 heavy (non-hydrogen) atoms. The van der Waals surface area contributed by atoms with Gasteiger partial charge in [-0.15, -0.1) is 0 Å². The van der Waals surface area contributed by atoms with Gasteiger partial charge in [-0.05, 0) is 48.9 Å². The SMILES string of the molecule is COc1ccc(Br)cc1CC(NN)C1CCC1. The van der Waals surface area contributed by atoms with Crippen molar-refractivity contribution in [3.8, 4) is 5.75 Å². The van der Waals surface area contributed by atoms with Crippen molar-refractivity contribution in [3.63, 3.8) is 0 Å². The predicted molar refractivity (Wildman–Crippen MR) is 72.9 cm³/mol. The molecule has 1 fully saturated rings. The fraction of sp³-hybridized carbons (Fsp3) is 0.538. The molecule has 0 saturated heterocycles. The maximum absolute atomic E-state index is 5.66. The maximum atomic E-state index is 5.66. The lowest BCUT2D eigenvalue weighted by molar-refractivity contribution is 0.227. The summed E-state index contributed by atoms with van der Waals surface area (Å²) < 4.78 is 6.47. The highest BCUT2D eigenvalue weighted by Crippen LogP contribution is 2.33. The number of hydrogen-bond acceptors (Lipinski definition) is 3. The first-order chi connectivity index (χ1) is 8.24. The van der Waals surface area contributed by atoms with Gasteiger partial charge >= 0.3 is 0 Å². The molecule has 3 N–H and O–H groups in total. The molecular weight excluding hydrogens is 280 g/mol. The van der Waals surface area contributed by atoms with E-state index < -0.39 is 0 Å². The number of benzene rings is 1. The highest BCUT2D eigenvalue weighted by molar-refractivity contribution is 9.10. The van der Waals surface area contributed by atoms with Crippen LogP contribution in [0.5, 0.6) is 5.75 Å². The van der Waals surface area contributed by atoms with Gasteiger partial charge in [0.1, 0.15) is 5.75 Å². The molecule has 94 valence electrons. The van der Waals surface area contributed by atoms with Crippen molar-refractivity contribution in [2.24, 2.45) is 11.8 Å². The normalized spacial score (nSPS) is 17.6. The number of ether oxygens (including phenoxy) is 1. The zero-order chi connectivity index (χ0) is 12.3. The Morgan fingerprint density at radius 2 is 2.29 bits per heavy atom. The average molecular weight is 299 g/mol. The molecule has 0 amide bonds. The van der Waals surface area contributed by atoms with Crippen molar-refractivity contribution in [1.29, 1.82) is 0 Å². The molecular formula is C13H19BrN2O. The standard InChI is InChI=1S/C13H19BrN2O/c1-17-13-6-5-11(14)7-10(13)8-12(16-15)9-3-2-4-9/h5-7,9,12,16H,2-4,8,15H2,1H3. The molecule has 0 bridgehead atoms. The number of nitrogens with one attached hydrogen (secondary N) is 1. The van der Waals surface area contributed by atoms with Crippen LogP contribution in [-0.2, 0) is 6.42 Å². The Morgan fingerprint density at radius 3 is 2.82 bits per heavy atom. The summed E-state index contributed by atoms with van der Waals surface area (Å²) in [5, 5.41) is 0. The van der Waals surface area contributed by atoms with Gasteiger partial charge in [-0.25, -0.2) is 0 Å². The molecule has 1 aromatic carbocycles. The summed E-state index contributed by atoms with van der Waals surface area (Å²) in [6.07, 6.45) is 4.82. The highest BCUT2D eigenvalue weighted by atomic mass is 79.9. The highest BCUT2D eigenvalue weighted by Gasteiger charge is 2.27. The Morgan fingerprint density at radius 1 is 1.53 bits per heavy atom. The largest absolute Gasteiger partial charge is 0.496 e. The smallest absolute Gasteiger partial charge is 0.122 e. The summed E-state index contributed by atoms with van der Waals surface area (Å²) in [7, 11) is 1.71. The van der Waals surface area contributed by atoms with Crippen LogP contribution in [0.3, 0.4) is 0 Å². The molecule has 2 rings (SSSR count). The van der Waals surface area contributed by atoms with Crippen LogP contribution in [-0.4, -0.2) is 13.2 Å². The first-order valence-electron chi connectivity index (χ1n) is 6.03. The van der Waals surface area contributed by atoms with Crippen LogP contribution in [0.2, 0.25) is 0 Å². The van der Waals surface area contributed by atoms with Crippen LogP contribution in [0.4, 0.5) is 0 Å². The van der Waals surface area contributed by atoms with E-state index in [9.17, 15) is 0 Å². The van der Waals surface area contributed by atoms with Crippen LogP contribution in [0.1, 0.15) is 24.8 Å². The molecule has 1 aromatic rings. The van der Waals surface area contributed by atoms with Crippen LogP contribution >= 0.6 is 15.9 Å². The van der Waals surface area contributed by atoms with Crippen molar-refractivity contribution < 1.29 is 4.74 Å². The van der Waals surface area contributed by atoms with Gasteiger partial charge in [-0.2, -0.15) is 0 Å². The van der Waals surface area contributed by atoms with E-state index in [-0.39, 0.29) is 0 Å². The summed E-state index contributed by atoms with van der Waals surface area (Å²) in [5.41, 5.74) is 4.16. The first kappa shape index (κ1) is 12.9. The lowest BCUT2D eigenvalue weighted by Crippen LogP contribution is -2.44. The lowest BCUT2D eigenvalue weighted by Gasteiger charge is -2.33. The predicted octanol–water partition coefficient (Wildman–Crippen LogP) is 2.63. The molecule has 0 aliphatic heterocycles. The van der Waals surface area contributed by atoms with Gasteiger partial charge in [0.05, 0.1) is 7.11 Å². The summed E-state index contributed by atoms with van der Waals surface area (Å²) in [6, 6.07) is 6.46. The molecule has 1 aliphatic carbocycles. The molecule has 0 aromatic heterocycles. The number of hydrogen-bond donors (Lipinski definition) is 2. The zero-order valence-electron chi connectivity index (χ0n) is 10.1. The van der Waals surface area contributed by atoms with E-state index >= 15 is 0 Å². The Balaban J connectivity index is 2.12. The minimum atomic E-state index is 0.354. The van der Waals surface area contributed by atoms with Crippen molar-refractivity contribution >= 4 is 15.9 Å². The first-order valence-corrected chi connectivity index (χ1v) is 6.82. The van der Waals surface area contributed by atoms with E-state index in [1.54, 1.807) is 7.11 Å². The third-order valence-electron chi connectivity index (χ3n) is 3.62. The van der Waals surface area contributed by atoms with Crippen molar-refractivity contribution in [2.75, 3.05) is 7.11 Å². The summed E-state index contributed by atoms with van der Waals surface area (Å²) in [4.78, 5) is 0. The van der Waals surface area contributed by atoms with E-state index in [2.05, 4.69) is 27.4 Å². The molecule has 0 spiro atoms. The number of nitrogens with two attached hydrogens (primary N) is 1. The van der Waals surface area contributed by atoms with E-state index in [1.165, 1.54) is 24.8 Å². The van der Waals surface area contributed by atoms with Crippen molar-refractivity contribution in [3.05, 3.63) is 28.2 Å². The number of halogens is 1. The minimum Gasteiger partial charge on any atom is -0.496 e. The monoisotopic (exact) mass is 298 g/mol. The average Bonchev–Trinajstić information content (AvgIpc) is 2.26. The number of methoxy groups -OCH3 is 1. The minimum absolute atomic E-state index is 0.354. The number of hydrazine groups is 1. The molecule has 1 saturated carbocycles. The molecule has 0 heterocycles. The van der Waals surface area contributed by atoms with Gasteiger partial charge in [-0.1, -0.05) is 22.4 Å². The molecule has 0 radical (unpaired) electrons. The third-order valence-corrected chi connectivity index (χ3v) is 4.11. The van der Waals surface area contributed by atoms with Gasteiger partial charge in [0.2, 0.25) is 0 Å². The quantitative estimate of drug-likeness (QED) is 0.649. The Hall–Kier alpha value is -0.580. The fourth-order valence-corrected chi connectivity index (χ4v) is 2.76. The van der Waals surface area contributed by atoms with Crippen LogP contribution in [0.25, 0.3) is 0 Å². The Labute approximate surface area is 111 Å². The maximum Gasteiger partial charge on any atom is 0.122 e. The van der Waals surface area contributed by atoms with E-state index in [0.717, 1.165) is 16.6 Å². The van der Waals surface area contributed by atoms with Gasteiger partial charge < -0.3 is 4.74 Å². The van der Waals surface area contributed by atoms with E-state index in [4.69, 9.17) is 10.6 Å². The van der Waals surface area contributed by atoms with E-state index in [1.807, 2.05) is 12.1 Å². The summed E-state index contributed by atoms with van der Waals surface area (Å²) >= 11 is 3.50.